The first-order valence-electron chi connectivity index (χ1n) is 3.45. The number of benzene rings is 1. The van der Waals surface area contributed by atoms with Crippen molar-refractivity contribution >= 4 is 0 Å². The second-order valence-corrected chi connectivity index (χ2v) is 2.36. The number of phenols is 2. The van der Waals surface area contributed by atoms with Crippen molar-refractivity contribution in [3.8, 4) is 11.5 Å². The zero-order valence-electron chi connectivity index (χ0n) is 7.57. The smallest absolute Gasteiger partial charge is 0.870 e. The van der Waals surface area contributed by atoms with Crippen molar-refractivity contribution in [1.82, 2.24) is 0 Å². The van der Waals surface area contributed by atoms with Crippen LogP contribution in [-0.2, 0) is 6.42 Å². The maximum atomic E-state index is 9.04. The summed E-state index contributed by atoms with van der Waals surface area (Å²) >= 11 is 0. The van der Waals surface area contributed by atoms with E-state index in [0.717, 1.165) is 5.56 Å². The number of aromatic hydroxyl groups is 2. The van der Waals surface area contributed by atoms with Crippen molar-refractivity contribution in [2.24, 2.45) is 5.73 Å². The first kappa shape index (κ1) is 15.2. The maximum absolute atomic E-state index is 9.04. The molecule has 0 aliphatic heterocycles. The Hall–Kier alpha value is -0.260. The predicted octanol–water partition coefficient (Wildman–Crippen LogP) is -2.57. The molecule has 0 aliphatic rings. The van der Waals surface area contributed by atoms with E-state index in [4.69, 9.17) is 15.9 Å². The van der Waals surface area contributed by atoms with Gasteiger partial charge in [0.15, 0.2) is 11.5 Å². The minimum absolute atomic E-state index is 0. The molecule has 1 aromatic rings. The van der Waals surface area contributed by atoms with Crippen molar-refractivity contribution < 1.29 is 45.2 Å². The molecular weight excluding hydrogens is 181 g/mol. The van der Waals surface area contributed by atoms with Crippen molar-refractivity contribution in [3.63, 3.8) is 0 Å². The fraction of sp³-hybridized carbons (Fsp3) is 0.250. The molecule has 1 aromatic carbocycles. The summed E-state index contributed by atoms with van der Waals surface area (Å²) < 4.78 is 0. The Balaban J connectivity index is 0. The van der Waals surface area contributed by atoms with Gasteiger partial charge in [-0.3, -0.25) is 0 Å². The molecule has 13 heavy (non-hydrogen) atoms. The Morgan fingerprint density at radius 2 is 1.77 bits per heavy atom. The summed E-state index contributed by atoms with van der Waals surface area (Å²) in [7, 11) is 0. The van der Waals surface area contributed by atoms with E-state index in [9.17, 15) is 0 Å². The topological polar surface area (TPSA) is 96.5 Å². The Morgan fingerprint density at radius 1 is 1.15 bits per heavy atom. The SMILES string of the molecule is NCCc1ccc(O)c(O)c1.[Na+].[OH-]. The van der Waals surface area contributed by atoms with Crippen LogP contribution < -0.4 is 35.3 Å². The van der Waals surface area contributed by atoms with Crippen LogP contribution >= 0.6 is 0 Å². The fourth-order valence-electron chi connectivity index (χ4n) is 0.891. The van der Waals surface area contributed by atoms with Crippen LogP contribution in [0.15, 0.2) is 18.2 Å². The average molecular weight is 193 g/mol. The van der Waals surface area contributed by atoms with Crippen LogP contribution in [-0.4, -0.2) is 22.2 Å². The molecule has 4 nitrogen and oxygen atoms in total. The minimum Gasteiger partial charge on any atom is -0.870 e. The summed E-state index contributed by atoms with van der Waals surface area (Å²) in [5.74, 6) is -0.179. The van der Waals surface area contributed by atoms with Gasteiger partial charge in [-0.15, -0.1) is 0 Å². The molecule has 5 N–H and O–H groups in total. The van der Waals surface area contributed by atoms with Gasteiger partial charge < -0.3 is 21.4 Å². The summed E-state index contributed by atoms with van der Waals surface area (Å²) in [6.07, 6.45) is 0.716. The van der Waals surface area contributed by atoms with Crippen molar-refractivity contribution in [1.29, 1.82) is 0 Å². The van der Waals surface area contributed by atoms with Crippen LogP contribution in [0.1, 0.15) is 5.56 Å². The molecule has 0 aliphatic carbocycles. The largest absolute Gasteiger partial charge is 1.00 e. The second-order valence-electron chi connectivity index (χ2n) is 2.36. The van der Waals surface area contributed by atoms with E-state index in [0.29, 0.717) is 13.0 Å². The van der Waals surface area contributed by atoms with Crippen LogP contribution in [0.2, 0.25) is 0 Å². The minimum atomic E-state index is -0.0919. The number of phenolic OH excluding ortho intramolecular Hbond substituents is 2. The van der Waals surface area contributed by atoms with E-state index in [1.165, 1.54) is 12.1 Å². The molecule has 68 valence electrons. The monoisotopic (exact) mass is 193 g/mol. The summed E-state index contributed by atoms with van der Waals surface area (Å²) in [5.41, 5.74) is 6.24. The van der Waals surface area contributed by atoms with Crippen LogP contribution in [0.5, 0.6) is 11.5 Å². The molecule has 0 fully saturated rings. The zero-order valence-corrected chi connectivity index (χ0v) is 9.57. The molecule has 0 saturated carbocycles. The first-order valence-corrected chi connectivity index (χ1v) is 3.45. The van der Waals surface area contributed by atoms with E-state index in [-0.39, 0.29) is 46.5 Å². The Kier molecular flexibility index (Phi) is 8.40. The van der Waals surface area contributed by atoms with Gasteiger partial charge in [0.05, 0.1) is 0 Å². The van der Waals surface area contributed by atoms with E-state index < -0.39 is 0 Å². The van der Waals surface area contributed by atoms with Crippen LogP contribution in [0.4, 0.5) is 0 Å². The molecule has 0 heterocycles. The zero-order chi connectivity index (χ0) is 8.27. The average Bonchev–Trinajstić information content (AvgIpc) is 1.98. The van der Waals surface area contributed by atoms with Crippen molar-refractivity contribution in [3.05, 3.63) is 23.8 Å². The molecule has 0 bridgehead atoms. The molecule has 0 spiro atoms. The van der Waals surface area contributed by atoms with Gasteiger partial charge in [-0.05, 0) is 30.7 Å². The summed E-state index contributed by atoms with van der Waals surface area (Å²) in [4.78, 5) is 0. The van der Waals surface area contributed by atoms with E-state index in [2.05, 4.69) is 0 Å². The summed E-state index contributed by atoms with van der Waals surface area (Å²) in [6.45, 7) is 0.546. The van der Waals surface area contributed by atoms with Gasteiger partial charge in [-0.25, -0.2) is 0 Å². The number of hydrogen-bond acceptors (Lipinski definition) is 4. The number of nitrogens with two attached hydrogens (primary N) is 1. The van der Waals surface area contributed by atoms with Crippen LogP contribution in [0, 0.1) is 0 Å². The summed E-state index contributed by atoms with van der Waals surface area (Å²) in [6, 6.07) is 4.71. The number of hydrogen-bond donors (Lipinski definition) is 3. The quantitative estimate of drug-likeness (QED) is 0.355. The molecule has 0 unspecified atom stereocenters. The van der Waals surface area contributed by atoms with Crippen LogP contribution in [0.3, 0.4) is 0 Å². The van der Waals surface area contributed by atoms with Gasteiger partial charge in [-0.2, -0.15) is 0 Å². The van der Waals surface area contributed by atoms with Gasteiger partial charge in [-0.1, -0.05) is 6.07 Å². The van der Waals surface area contributed by atoms with E-state index in [1.54, 1.807) is 6.07 Å². The first-order chi connectivity index (χ1) is 5.24. The normalized spacial score (nSPS) is 8.38. The van der Waals surface area contributed by atoms with E-state index in [1.807, 2.05) is 0 Å². The molecule has 1 rings (SSSR count). The van der Waals surface area contributed by atoms with Crippen molar-refractivity contribution in [2.75, 3.05) is 6.54 Å². The van der Waals surface area contributed by atoms with Crippen LogP contribution in [0.25, 0.3) is 0 Å². The van der Waals surface area contributed by atoms with Gasteiger partial charge in [0.1, 0.15) is 0 Å². The Morgan fingerprint density at radius 3 is 2.23 bits per heavy atom. The number of rotatable bonds is 2. The molecule has 0 radical (unpaired) electrons. The van der Waals surface area contributed by atoms with Crippen molar-refractivity contribution in [2.45, 2.75) is 6.42 Å². The molecular formula is C8H12NNaO3. The molecule has 0 amide bonds. The predicted molar refractivity (Wildman–Crippen MR) is 44.5 cm³/mol. The van der Waals surface area contributed by atoms with Gasteiger partial charge in [0, 0.05) is 0 Å². The van der Waals surface area contributed by atoms with Gasteiger partial charge in [0.2, 0.25) is 0 Å². The fourth-order valence-corrected chi connectivity index (χ4v) is 0.891. The maximum Gasteiger partial charge on any atom is 1.00 e. The molecule has 0 aromatic heterocycles. The van der Waals surface area contributed by atoms with Gasteiger partial charge >= 0.3 is 29.6 Å². The van der Waals surface area contributed by atoms with E-state index >= 15 is 0 Å². The third-order valence-electron chi connectivity index (χ3n) is 1.47. The standard InChI is InChI=1S/C8H11NO2.Na.H2O/c9-4-3-6-1-2-7(10)8(11)5-6;;/h1-2,5,10-11H,3-4,9H2;;1H2/q;+1;/p-1. The second kappa shape index (κ2) is 7.17. The molecule has 0 atom stereocenters. The Labute approximate surface area is 99.0 Å². The summed E-state index contributed by atoms with van der Waals surface area (Å²) in [5, 5.41) is 18.0. The molecule has 0 saturated heterocycles. The van der Waals surface area contributed by atoms with Gasteiger partial charge in [0.25, 0.3) is 0 Å². The third kappa shape index (κ3) is 4.50. The molecule has 5 heteroatoms. The Bertz CT molecular complexity index is 255. The third-order valence-corrected chi connectivity index (χ3v) is 1.47.